The number of rotatable bonds is 6. The number of nitrogens with zero attached hydrogens (tertiary/aromatic N) is 3. The van der Waals surface area contributed by atoms with E-state index in [-0.39, 0.29) is 6.09 Å². The van der Waals surface area contributed by atoms with Crippen LogP contribution in [-0.4, -0.2) is 78.8 Å². The molecule has 0 unspecified atom stereocenters. The number of carbonyl (C=O) groups excluding carboxylic acids is 1. The molecule has 5 nitrogen and oxygen atoms in total. The van der Waals surface area contributed by atoms with E-state index in [9.17, 15) is 4.79 Å². The molecule has 0 radical (unpaired) electrons. The fraction of sp³-hybridized carbons (Fsp3) is 0.950. The van der Waals surface area contributed by atoms with E-state index in [0.29, 0.717) is 12.0 Å². The van der Waals surface area contributed by atoms with Crippen molar-refractivity contribution >= 4 is 6.09 Å². The van der Waals surface area contributed by atoms with Crippen LogP contribution in [-0.2, 0) is 4.74 Å². The minimum atomic E-state index is -0.112. The first-order chi connectivity index (χ1) is 12.1. The zero-order valence-corrected chi connectivity index (χ0v) is 16.5. The monoisotopic (exact) mass is 351 g/mol. The number of ether oxygens (including phenoxy) is 1. The van der Waals surface area contributed by atoms with Crippen molar-refractivity contribution in [1.82, 2.24) is 14.7 Å². The van der Waals surface area contributed by atoms with Crippen molar-refractivity contribution in [3.63, 3.8) is 0 Å². The smallest absolute Gasteiger partial charge is 0.409 e. The summed E-state index contributed by atoms with van der Waals surface area (Å²) >= 11 is 0. The van der Waals surface area contributed by atoms with Crippen LogP contribution in [0.5, 0.6) is 0 Å². The standard InChI is InChI=1S/C20H37N3O2/c1-4-10-21(5-2)17-7-11-22(12-8-17)18-14-20(15-18)9-13-23(16-20)19(24)25-6-3/h17-18H,4-16H2,1-3H3. The van der Waals surface area contributed by atoms with E-state index in [4.69, 9.17) is 4.74 Å². The fourth-order valence-corrected chi connectivity index (χ4v) is 5.34. The third kappa shape index (κ3) is 4.13. The summed E-state index contributed by atoms with van der Waals surface area (Å²) in [4.78, 5) is 19.3. The second-order valence-electron chi connectivity index (χ2n) is 8.33. The maximum absolute atomic E-state index is 11.9. The van der Waals surface area contributed by atoms with E-state index >= 15 is 0 Å². The Balaban J connectivity index is 1.42. The summed E-state index contributed by atoms with van der Waals surface area (Å²) in [5.74, 6) is 0. The third-order valence-corrected chi connectivity index (χ3v) is 6.75. The molecule has 3 fully saturated rings. The van der Waals surface area contributed by atoms with Gasteiger partial charge in [0.05, 0.1) is 6.61 Å². The van der Waals surface area contributed by atoms with Gasteiger partial charge in [-0.15, -0.1) is 0 Å². The largest absolute Gasteiger partial charge is 0.450 e. The average molecular weight is 352 g/mol. The molecular weight excluding hydrogens is 314 g/mol. The molecule has 2 aliphatic heterocycles. The van der Waals surface area contributed by atoms with Crippen LogP contribution in [0.25, 0.3) is 0 Å². The molecule has 0 N–H and O–H groups in total. The molecule has 0 aromatic rings. The van der Waals surface area contributed by atoms with Crippen LogP contribution in [0.2, 0.25) is 0 Å². The van der Waals surface area contributed by atoms with Gasteiger partial charge in [0.2, 0.25) is 0 Å². The lowest BCUT2D eigenvalue weighted by Gasteiger charge is -2.52. The Hall–Kier alpha value is -0.810. The molecule has 25 heavy (non-hydrogen) atoms. The first kappa shape index (κ1) is 19.0. The molecule has 1 amide bonds. The molecule has 0 aromatic carbocycles. The molecule has 1 spiro atoms. The third-order valence-electron chi connectivity index (χ3n) is 6.75. The van der Waals surface area contributed by atoms with E-state index in [1.807, 2.05) is 11.8 Å². The SMILES string of the molecule is CCCN(CC)C1CCN(C2CC3(CCN(C(=O)OCC)C3)C2)CC1. The lowest BCUT2D eigenvalue weighted by molar-refractivity contribution is -0.0155. The Bertz CT molecular complexity index is 442. The van der Waals surface area contributed by atoms with E-state index in [1.165, 1.54) is 64.7 Å². The summed E-state index contributed by atoms with van der Waals surface area (Å²) < 4.78 is 5.17. The molecular formula is C20H37N3O2. The van der Waals surface area contributed by atoms with Crippen molar-refractivity contribution in [2.75, 3.05) is 45.9 Å². The minimum absolute atomic E-state index is 0.112. The topological polar surface area (TPSA) is 36.0 Å². The molecule has 0 aromatic heterocycles. The van der Waals surface area contributed by atoms with Crippen molar-refractivity contribution in [2.45, 2.75) is 71.4 Å². The van der Waals surface area contributed by atoms with Gasteiger partial charge in [-0.05, 0) is 77.0 Å². The number of hydrogen-bond acceptors (Lipinski definition) is 4. The van der Waals surface area contributed by atoms with Crippen molar-refractivity contribution in [3.05, 3.63) is 0 Å². The van der Waals surface area contributed by atoms with Crippen LogP contribution in [0.15, 0.2) is 0 Å². The van der Waals surface area contributed by atoms with Crippen LogP contribution >= 0.6 is 0 Å². The van der Waals surface area contributed by atoms with E-state index in [2.05, 4.69) is 23.6 Å². The highest BCUT2D eigenvalue weighted by Gasteiger charge is 2.51. The van der Waals surface area contributed by atoms with E-state index < -0.39 is 0 Å². The van der Waals surface area contributed by atoms with Gasteiger partial charge in [-0.1, -0.05) is 13.8 Å². The predicted octanol–water partition coefficient (Wildman–Crippen LogP) is 3.19. The molecule has 5 heteroatoms. The van der Waals surface area contributed by atoms with Crippen molar-refractivity contribution in [3.8, 4) is 0 Å². The number of piperidine rings is 1. The van der Waals surface area contributed by atoms with Crippen LogP contribution < -0.4 is 0 Å². The van der Waals surface area contributed by atoms with Crippen LogP contribution in [0, 0.1) is 5.41 Å². The molecule has 2 heterocycles. The maximum atomic E-state index is 11.9. The van der Waals surface area contributed by atoms with Gasteiger partial charge in [0.15, 0.2) is 0 Å². The Morgan fingerprint density at radius 1 is 1.16 bits per heavy atom. The number of likely N-dealkylation sites (tertiary alicyclic amines) is 2. The van der Waals surface area contributed by atoms with Gasteiger partial charge in [0, 0.05) is 25.2 Å². The highest BCUT2D eigenvalue weighted by atomic mass is 16.6. The van der Waals surface area contributed by atoms with Gasteiger partial charge >= 0.3 is 6.09 Å². The number of carbonyl (C=O) groups is 1. The Kier molecular flexibility index (Phi) is 6.26. The quantitative estimate of drug-likeness (QED) is 0.736. The minimum Gasteiger partial charge on any atom is -0.450 e. The first-order valence-electron chi connectivity index (χ1n) is 10.5. The zero-order valence-electron chi connectivity index (χ0n) is 16.5. The van der Waals surface area contributed by atoms with Gasteiger partial charge in [-0.2, -0.15) is 0 Å². The Labute approximate surface area is 153 Å². The number of amides is 1. The first-order valence-corrected chi connectivity index (χ1v) is 10.5. The average Bonchev–Trinajstić information content (AvgIpc) is 3.05. The van der Waals surface area contributed by atoms with Crippen LogP contribution in [0.3, 0.4) is 0 Å². The summed E-state index contributed by atoms with van der Waals surface area (Å²) in [5.41, 5.74) is 0.395. The molecule has 3 aliphatic rings. The summed E-state index contributed by atoms with van der Waals surface area (Å²) in [6.45, 7) is 13.7. The second kappa shape index (κ2) is 8.26. The maximum Gasteiger partial charge on any atom is 0.409 e. The molecule has 1 aliphatic carbocycles. The Morgan fingerprint density at radius 3 is 2.48 bits per heavy atom. The highest BCUT2D eigenvalue weighted by molar-refractivity contribution is 5.68. The second-order valence-corrected chi connectivity index (χ2v) is 8.33. The molecule has 2 saturated heterocycles. The molecule has 0 bridgehead atoms. The zero-order chi connectivity index (χ0) is 17.9. The fourth-order valence-electron chi connectivity index (χ4n) is 5.34. The molecule has 0 atom stereocenters. The lowest BCUT2D eigenvalue weighted by Crippen LogP contribution is -2.56. The highest BCUT2D eigenvalue weighted by Crippen LogP contribution is 2.50. The number of hydrogen-bond donors (Lipinski definition) is 0. The molecule has 144 valence electrons. The summed E-state index contributed by atoms with van der Waals surface area (Å²) in [7, 11) is 0. The summed E-state index contributed by atoms with van der Waals surface area (Å²) in [6.07, 6.45) is 7.52. The van der Waals surface area contributed by atoms with Gasteiger partial charge in [-0.3, -0.25) is 0 Å². The van der Waals surface area contributed by atoms with Gasteiger partial charge in [-0.25, -0.2) is 4.79 Å². The molecule has 3 rings (SSSR count). The van der Waals surface area contributed by atoms with Crippen molar-refractivity contribution < 1.29 is 9.53 Å². The summed E-state index contributed by atoms with van der Waals surface area (Å²) in [5, 5.41) is 0. The van der Waals surface area contributed by atoms with Crippen molar-refractivity contribution in [2.24, 2.45) is 5.41 Å². The van der Waals surface area contributed by atoms with Crippen molar-refractivity contribution in [1.29, 1.82) is 0 Å². The lowest BCUT2D eigenvalue weighted by atomic mass is 9.64. The van der Waals surface area contributed by atoms with Crippen LogP contribution in [0.1, 0.15) is 59.3 Å². The molecule has 1 saturated carbocycles. The van der Waals surface area contributed by atoms with E-state index in [0.717, 1.165) is 25.2 Å². The summed E-state index contributed by atoms with van der Waals surface area (Å²) in [6, 6.07) is 1.55. The van der Waals surface area contributed by atoms with Crippen LogP contribution in [0.4, 0.5) is 4.79 Å². The normalized spacial score (nSPS) is 30.9. The Morgan fingerprint density at radius 2 is 1.88 bits per heavy atom. The predicted molar refractivity (Wildman–Crippen MR) is 101 cm³/mol. The van der Waals surface area contributed by atoms with Gasteiger partial charge in [0.1, 0.15) is 0 Å². The van der Waals surface area contributed by atoms with Gasteiger partial charge in [0.25, 0.3) is 0 Å². The van der Waals surface area contributed by atoms with Gasteiger partial charge < -0.3 is 19.4 Å². The van der Waals surface area contributed by atoms with E-state index in [1.54, 1.807) is 0 Å².